The van der Waals surface area contributed by atoms with Gasteiger partial charge in [-0.05, 0) is 24.1 Å². The second-order valence-corrected chi connectivity index (χ2v) is 6.53. The lowest BCUT2D eigenvalue weighted by Gasteiger charge is -2.13. The highest BCUT2D eigenvalue weighted by Crippen LogP contribution is 2.35. The highest BCUT2D eigenvalue weighted by atomic mass is 35.5. The fraction of sp³-hybridized carbons (Fsp3) is 0.238. The SMILES string of the molecule is CCc1cc(=O)oc2cc(OCC(=O)Nc3cc(OC)c(Cl)cc3OC)ccc12. The second-order valence-electron chi connectivity index (χ2n) is 6.13. The molecule has 0 unspecified atom stereocenters. The van der Waals surface area contributed by atoms with Crippen molar-refractivity contribution in [2.45, 2.75) is 13.3 Å². The minimum absolute atomic E-state index is 0.253. The summed E-state index contributed by atoms with van der Waals surface area (Å²) in [6, 6.07) is 9.71. The van der Waals surface area contributed by atoms with Gasteiger partial charge in [0.2, 0.25) is 0 Å². The molecule has 0 aliphatic rings. The van der Waals surface area contributed by atoms with Gasteiger partial charge in [0, 0.05) is 29.7 Å². The number of carbonyl (C=O) groups excluding carboxylic acids is 1. The number of ether oxygens (including phenoxy) is 3. The average molecular weight is 418 g/mol. The number of fused-ring (bicyclic) bond motifs is 1. The lowest BCUT2D eigenvalue weighted by atomic mass is 10.1. The highest BCUT2D eigenvalue weighted by molar-refractivity contribution is 6.32. The molecule has 1 heterocycles. The van der Waals surface area contributed by atoms with Crippen LogP contribution in [0.2, 0.25) is 5.02 Å². The van der Waals surface area contributed by atoms with Gasteiger partial charge < -0.3 is 23.9 Å². The number of methoxy groups -OCH3 is 2. The Labute approximate surface area is 172 Å². The van der Waals surface area contributed by atoms with E-state index in [9.17, 15) is 9.59 Å². The van der Waals surface area contributed by atoms with Crippen LogP contribution >= 0.6 is 11.6 Å². The summed E-state index contributed by atoms with van der Waals surface area (Å²) in [6.07, 6.45) is 0.705. The van der Waals surface area contributed by atoms with Crippen molar-refractivity contribution >= 4 is 34.2 Å². The zero-order valence-electron chi connectivity index (χ0n) is 16.2. The van der Waals surface area contributed by atoms with Crippen LogP contribution in [0.4, 0.5) is 5.69 Å². The first-order valence-corrected chi connectivity index (χ1v) is 9.24. The van der Waals surface area contributed by atoms with Gasteiger partial charge in [-0.1, -0.05) is 18.5 Å². The van der Waals surface area contributed by atoms with Crippen LogP contribution in [-0.4, -0.2) is 26.7 Å². The summed E-state index contributed by atoms with van der Waals surface area (Å²) >= 11 is 6.06. The molecule has 29 heavy (non-hydrogen) atoms. The molecular formula is C21H20ClNO6. The number of anilines is 1. The molecule has 0 atom stereocenters. The standard InChI is InChI=1S/C21H20ClNO6/c1-4-12-7-21(25)29-17-8-13(5-6-14(12)17)28-11-20(24)23-16-10-18(26-2)15(22)9-19(16)27-3/h5-10H,4,11H2,1-3H3,(H,23,24). The quantitative estimate of drug-likeness (QED) is 0.584. The fourth-order valence-corrected chi connectivity index (χ4v) is 3.12. The number of amides is 1. The molecule has 0 saturated carbocycles. The molecule has 0 radical (unpaired) electrons. The number of rotatable bonds is 7. The Balaban J connectivity index is 1.73. The van der Waals surface area contributed by atoms with E-state index in [1.165, 1.54) is 20.3 Å². The molecule has 1 aromatic heterocycles. The van der Waals surface area contributed by atoms with Crippen molar-refractivity contribution in [2.75, 3.05) is 26.1 Å². The molecule has 7 nitrogen and oxygen atoms in total. The Morgan fingerprint density at radius 2 is 1.86 bits per heavy atom. The molecular weight excluding hydrogens is 398 g/mol. The van der Waals surface area contributed by atoms with Crippen LogP contribution in [0.25, 0.3) is 11.0 Å². The van der Waals surface area contributed by atoms with Gasteiger partial charge >= 0.3 is 5.63 Å². The fourth-order valence-electron chi connectivity index (χ4n) is 2.89. The molecule has 1 amide bonds. The molecule has 8 heteroatoms. The first-order chi connectivity index (χ1) is 13.9. The number of hydrogen-bond acceptors (Lipinski definition) is 6. The van der Waals surface area contributed by atoms with Crippen molar-refractivity contribution in [3.63, 3.8) is 0 Å². The van der Waals surface area contributed by atoms with Crippen LogP contribution in [0.3, 0.4) is 0 Å². The third-order valence-corrected chi connectivity index (χ3v) is 4.60. The van der Waals surface area contributed by atoms with E-state index in [1.807, 2.05) is 6.92 Å². The predicted octanol–water partition coefficient (Wildman–Crippen LogP) is 4.04. The van der Waals surface area contributed by atoms with E-state index in [4.69, 9.17) is 30.2 Å². The van der Waals surface area contributed by atoms with E-state index < -0.39 is 11.5 Å². The number of benzene rings is 2. The number of aryl methyl sites for hydroxylation is 1. The zero-order valence-corrected chi connectivity index (χ0v) is 17.0. The van der Waals surface area contributed by atoms with E-state index in [0.29, 0.717) is 40.0 Å². The van der Waals surface area contributed by atoms with E-state index in [2.05, 4.69) is 5.32 Å². The van der Waals surface area contributed by atoms with Gasteiger partial charge in [0.05, 0.1) is 24.9 Å². The summed E-state index contributed by atoms with van der Waals surface area (Å²) in [4.78, 5) is 24.0. The Morgan fingerprint density at radius 1 is 1.10 bits per heavy atom. The van der Waals surface area contributed by atoms with Crippen LogP contribution in [0.15, 0.2) is 45.6 Å². The van der Waals surface area contributed by atoms with Crippen molar-refractivity contribution < 1.29 is 23.4 Å². The maximum atomic E-state index is 12.3. The zero-order chi connectivity index (χ0) is 21.0. The van der Waals surface area contributed by atoms with E-state index in [1.54, 1.807) is 30.3 Å². The van der Waals surface area contributed by atoms with E-state index >= 15 is 0 Å². The van der Waals surface area contributed by atoms with Crippen molar-refractivity contribution in [1.82, 2.24) is 0 Å². The monoisotopic (exact) mass is 417 g/mol. The van der Waals surface area contributed by atoms with Gasteiger partial charge in [-0.25, -0.2) is 4.79 Å². The molecule has 0 aliphatic heterocycles. The lowest BCUT2D eigenvalue weighted by molar-refractivity contribution is -0.118. The normalized spacial score (nSPS) is 10.6. The largest absolute Gasteiger partial charge is 0.495 e. The minimum atomic E-state index is -0.423. The molecule has 0 spiro atoms. The molecule has 152 valence electrons. The molecule has 0 saturated heterocycles. The topological polar surface area (TPSA) is 87.0 Å². The minimum Gasteiger partial charge on any atom is -0.495 e. The Hall–Kier alpha value is -3.19. The van der Waals surface area contributed by atoms with Crippen LogP contribution in [0.1, 0.15) is 12.5 Å². The summed E-state index contributed by atoms with van der Waals surface area (Å²) in [5.74, 6) is 0.796. The summed E-state index contributed by atoms with van der Waals surface area (Å²) in [6.45, 7) is 1.71. The predicted molar refractivity (Wildman–Crippen MR) is 111 cm³/mol. The molecule has 3 aromatic rings. The maximum Gasteiger partial charge on any atom is 0.336 e. The number of halogens is 1. The maximum absolute atomic E-state index is 12.3. The summed E-state index contributed by atoms with van der Waals surface area (Å²) in [5, 5.41) is 3.90. The summed E-state index contributed by atoms with van der Waals surface area (Å²) in [5.41, 5.74) is 1.29. The van der Waals surface area contributed by atoms with E-state index in [-0.39, 0.29) is 6.61 Å². The van der Waals surface area contributed by atoms with Crippen molar-refractivity contribution in [3.05, 3.63) is 57.4 Å². The molecule has 2 aromatic carbocycles. The van der Waals surface area contributed by atoms with Crippen LogP contribution in [0.5, 0.6) is 17.2 Å². The molecule has 1 N–H and O–H groups in total. The van der Waals surface area contributed by atoms with Gasteiger partial charge in [0.15, 0.2) is 6.61 Å². The third-order valence-electron chi connectivity index (χ3n) is 4.30. The number of carbonyl (C=O) groups is 1. The number of hydrogen-bond donors (Lipinski definition) is 1. The van der Waals surface area contributed by atoms with Crippen molar-refractivity contribution in [1.29, 1.82) is 0 Å². The smallest absolute Gasteiger partial charge is 0.336 e. The Bertz CT molecular complexity index is 1110. The first kappa shape index (κ1) is 20.5. The Kier molecular flexibility index (Phi) is 6.29. The average Bonchev–Trinajstić information content (AvgIpc) is 2.72. The Morgan fingerprint density at radius 3 is 2.55 bits per heavy atom. The first-order valence-electron chi connectivity index (χ1n) is 8.86. The van der Waals surface area contributed by atoms with Crippen LogP contribution < -0.4 is 25.2 Å². The van der Waals surface area contributed by atoms with Gasteiger partial charge in [0.25, 0.3) is 5.91 Å². The lowest BCUT2D eigenvalue weighted by Crippen LogP contribution is -2.20. The van der Waals surface area contributed by atoms with Gasteiger partial charge in [-0.15, -0.1) is 0 Å². The molecule has 0 fully saturated rings. The number of nitrogens with one attached hydrogen (secondary N) is 1. The highest BCUT2D eigenvalue weighted by Gasteiger charge is 2.13. The van der Waals surface area contributed by atoms with E-state index in [0.717, 1.165) is 10.9 Å². The van der Waals surface area contributed by atoms with Gasteiger partial charge in [-0.3, -0.25) is 4.79 Å². The van der Waals surface area contributed by atoms with Gasteiger partial charge in [0.1, 0.15) is 22.8 Å². The summed E-state index contributed by atoms with van der Waals surface area (Å²) < 4.78 is 21.2. The molecule has 0 bridgehead atoms. The van der Waals surface area contributed by atoms with Crippen molar-refractivity contribution in [3.8, 4) is 17.2 Å². The van der Waals surface area contributed by atoms with Crippen molar-refractivity contribution in [2.24, 2.45) is 0 Å². The molecule has 3 rings (SSSR count). The molecule has 0 aliphatic carbocycles. The third kappa shape index (κ3) is 4.63. The van der Waals surface area contributed by atoms with Gasteiger partial charge in [-0.2, -0.15) is 0 Å². The summed E-state index contributed by atoms with van der Waals surface area (Å²) in [7, 11) is 2.95. The van der Waals surface area contributed by atoms with Crippen LogP contribution in [-0.2, 0) is 11.2 Å². The van der Waals surface area contributed by atoms with Crippen LogP contribution in [0, 0.1) is 0 Å². The second kappa shape index (κ2) is 8.87.